The third-order valence-corrected chi connectivity index (χ3v) is 11.8. The van der Waals surface area contributed by atoms with Gasteiger partial charge in [-0.1, -0.05) is 13.8 Å². The van der Waals surface area contributed by atoms with Crippen molar-refractivity contribution < 1.29 is 22.8 Å². The summed E-state index contributed by atoms with van der Waals surface area (Å²) in [5.74, 6) is -4.37. The first-order valence-electron chi connectivity index (χ1n) is 15.4. The second-order valence-corrected chi connectivity index (χ2v) is 14.0. The van der Waals surface area contributed by atoms with E-state index in [2.05, 4.69) is 9.98 Å². The molecular formula is C38H19F3N6O2S2. The third kappa shape index (κ3) is 4.67. The van der Waals surface area contributed by atoms with E-state index in [9.17, 15) is 43.8 Å². The predicted octanol–water partition coefficient (Wildman–Crippen LogP) is 9.16. The maximum absolute atomic E-state index is 14.6. The van der Waals surface area contributed by atoms with E-state index in [1.165, 1.54) is 35.7 Å². The van der Waals surface area contributed by atoms with Gasteiger partial charge >= 0.3 is 0 Å². The summed E-state index contributed by atoms with van der Waals surface area (Å²) in [7, 11) is 0. The van der Waals surface area contributed by atoms with Crippen LogP contribution < -0.4 is 0 Å². The molecule has 2 aromatic carbocycles. The van der Waals surface area contributed by atoms with E-state index in [1.807, 2.05) is 38.1 Å². The van der Waals surface area contributed by atoms with Gasteiger partial charge < -0.3 is 0 Å². The van der Waals surface area contributed by atoms with Crippen LogP contribution in [0.3, 0.4) is 0 Å². The Hall–Kier alpha value is -6.25. The highest BCUT2D eigenvalue weighted by Gasteiger charge is 2.45. The van der Waals surface area contributed by atoms with Gasteiger partial charge in [0.15, 0.2) is 11.6 Å². The number of Topliss-reactive ketones (excluding diaryl/α,β-unsaturated/α-hetero) is 2. The summed E-state index contributed by atoms with van der Waals surface area (Å²) >= 11 is 2.52. The van der Waals surface area contributed by atoms with Crippen LogP contribution in [0, 0.1) is 69.7 Å². The summed E-state index contributed by atoms with van der Waals surface area (Å²) in [4.78, 5) is 38.0. The average Bonchev–Trinajstić information content (AvgIpc) is 3.89. The molecule has 0 N–H and O–H groups in total. The number of hydrogen-bond acceptors (Lipinski definition) is 10. The number of carbonyl (C=O) groups is 2. The van der Waals surface area contributed by atoms with E-state index in [-0.39, 0.29) is 56.0 Å². The zero-order valence-corrected chi connectivity index (χ0v) is 28.5. The first kappa shape index (κ1) is 33.3. The molecule has 8 nitrogen and oxygen atoms in total. The summed E-state index contributed by atoms with van der Waals surface area (Å²) in [6.07, 6.45) is 1.29. The summed E-state index contributed by atoms with van der Waals surface area (Å²) in [6.45, 7) is 5.55. The molecule has 0 unspecified atom stereocenters. The fraction of sp³-hybridized carbons (Fsp3) is 0.158. The van der Waals surface area contributed by atoms with Crippen LogP contribution in [0.4, 0.5) is 23.2 Å². The third-order valence-electron chi connectivity index (χ3n) is 9.56. The number of allylic oxidation sites excluding steroid dienone is 4. The summed E-state index contributed by atoms with van der Waals surface area (Å²) in [5, 5.41) is 39.6. The van der Waals surface area contributed by atoms with E-state index < -0.39 is 40.0 Å². The molecule has 2 aromatic heterocycles. The lowest BCUT2D eigenvalue weighted by Crippen LogP contribution is -2.22. The fourth-order valence-electron chi connectivity index (χ4n) is 7.04. The fourth-order valence-corrected chi connectivity index (χ4v) is 9.47. The van der Waals surface area contributed by atoms with Crippen molar-refractivity contribution in [2.45, 2.75) is 39.0 Å². The van der Waals surface area contributed by atoms with Crippen LogP contribution in [0.25, 0.3) is 20.9 Å². The molecule has 0 saturated heterocycles. The lowest BCUT2D eigenvalue weighted by molar-refractivity contribution is 0.106. The Kier molecular flexibility index (Phi) is 7.80. The number of aryl methyl sites for hydroxylation is 1. The van der Waals surface area contributed by atoms with Crippen molar-refractivity contribution in [2.75, 3.05) is 0 Å². The minimum absolute atomic E-state index is 0.0282. The molecular weight excluding hydrogens is 694 g/mol. The molecule has 0 aliphatic heterocycles. The van der Waals surface area contributed by atoms with E-state index >= 15 is 0 Å². The van der Waals surface area contributed by atoms with Gasteiger partial charge in [-0.25, -0.2) is 23.2 Å². The predicted molar refractivity (Wildman–Crippen MR) is 186 cm³/mol. The Morgan fingerprint density at radius 2 is 1.04 bits per heavy atom. The Morgan fingerprint density at radius 3 is 1.45 bits per heavy atom. The molecule has 0 spiro atoms. The largest absolute Gasteiger partial charge is 0.287 e. The van der Waals surface area contributed by atoms with Crippen molar-refractivity contribution in [3.8, 4) is 34.0 Å². The van der Waals surface area contributed by atoms with Crippen LogP contribution in [-0.4, -0.2) is 23.0 Å². The second kappa shape index (κ2) is 12.0. The topological polar surface area (TPSA) is 154 Å². The number of benzene rings is 2. The molecule has 0 bridgehead atoms. The molecule has 0 saturated carbocycles. The Bertz CT molecular complexity index is 2430. The summed E-state index contributed by atoms with van der Waals surface area (Å²) in [6, 6.07) is 14.8. The van der Waals surface area contributed by atoms with E-state index in [1.54, 1.807) is 12.1 Å². The molecule has 0 amide bonds. The number of hydrogen-bond donors (Lipinski definition) is 0. The Morgan fingerprint density at radius 1 is 0.647 bits per heavy atom. The maximum Gasteiger partial charge on any atom is 0.212 e. The smallest absolute Gasteiger partial charge is 0.212 e. The van der Waals surface area contributed by atoms with Crippen molar-refractivity contribution in [1.29, 1.82) is 21.0 Å². The number of rotatable bonds is 4. The van der Waals surface area contributed by atoms with Crippen molar-refractivity contribution in [1.82, 2.24) is 0 Å². The van der Waals surface area contributed by atoms with Crippen LogP contribution in [0.2, 0.25) is 0 Å². The molecule has 0 fully saturated rings. The number of nitriles is 4. The van der Waals surface area contributed by atoms with Crippen molar-refractivity contribution in [2.24, 2.45) is 9.98 Å². The molecule has 4 aromatic rings. The minimum Gasteiger partial charge on any atom is -0.287 e. The quantitative estimate of drug-likeness (QED) is 0.192. The molecule has 7 rings (SSSR count). The normalized spacial score (nSPS) is 16.4. The molecule has 0 atom stereocenters. The highest BCUT2D eigenvalue weighted by molar-refractivity contribution is 7.26. The zero-order valence-electron chi connectivity index (χ0n) is 26.8. The Balaban J connectivity index is 1.38. The molecule has 2 heterocycles. The number of fused-ring (bicyclic) bond motifs is 5. The summed E-state index contributed by atoms with van der Waals surface area (Å²) < 4.78 is 43.1. The highest BCUT2D eigenvalue weighted by atomic mass is 32.1. The zero-order chi connectivity index (χ0) is 36.5. The standard InChI is InChI=1S/C38H19F3N6O2S2/c1-4-38(5-2)23-10-28(46-32-30(17(12-42)13-43)19-7-25(39)16(3)6-21(19)34(32)48)50-36(23)37-24(38)11-29(51-37)47-33-31(18(14-44)15-45)20-8-26(40)27(41)9-22(20)35(33)49/h6-11H,4-5H2,1-3H3/b46-32-,47-33-. The van der Waals surface area contributed by atoms with Crippen LogP contribution in [0.5, 0.6) is 0 Å². The number of halogens is 3. The van der Waals surface area contributed by atoms with Crippen LogP contribution in [0.15, 0.2) is 57.5 Å². The second-order valence-electron chi connectivity index (χ2n) is 11.9. The number of nitrogens with zero attached hydrogens (tertiary/aromatic N) is 6. The molecule has 0 radical (unpaired) electrons. The van der Waals surface area contributed by atoms with Gasteiger partial charge in [-0.15, -0.1) is 22.7 Å². The van der Waals surface area contributed by atoms with Gasteiger partial charge in [0, 0.05) is 38.8 Å². The van der Waals surface area contributed by atoms with E-state index in [0.717, 1.165) is 39.1 Å². The molecule has 3 aliphatic rings. The van der Waals surface area contributed by atoms with Gasteiger partial charge in [-0.05, 0) is 72.9 Å². The Labute approximate surface area is 296 Å². The van der Waals surface area contributed by atoms with Gasteiger partial charge in [-0.2, -0.15) is 21.0 Å². The molecule has 3 aliphatic carbocycles. The number of aliphatic imine (C=N–C) groups is 2. The van der Waals surface area contributed by atoms with Crippen LogP contribution in [0.1, 0.15) is 75.2 Å². The SMILES string of the molecule is CCC1(CC)c2cc(/N=C3\C(=O)c4cc(C)c(F)cc4C3=C(C#N)C#N)sc2-c2sc(/N=C3\C(=O)c4cc(F)c(F)cc4C3=C(C#N)C#N)cc21. The van der Waals surface area contributed by atoms with Gasteiger partial charge in [-0.3, -0.25) is 9.59 Å². The lowest BCUT2D eigenvalue weighted by atomic mass is 9.75. The first-order valence-corrected chi connectivity index (χ1v) is 17.0. The van der Waals surface area contributed by atoms with Crippen LogP contribution >= 0.6 is 22.7 Å². The van der Waals surface area contributed by atoms with Crippen molar-refractivity contribution >= 4 is 66.8 Å². The van der Waals surface area contributed by atoms with E-state index in [0.29, 0.717) is 22.8 Å². The molecule has 246 valence electrons. The molecule has 51 heavy (non-hydrogen) atoms. The van der Waals surface area contributed by atoms with Gasteiger partial charge in [0.1, 0.15) is 62.7 Å². The summed E-state index contributed by atoms with van der Waals surface area (Å²) in [5.41, 5.74) is 0.100. The van der Waals surface area contributed by atoms with Gasteiger partial charge in [0.2, 0.25) is 11.6 Å². The van der Waals surface area contributed by atoms with Gasteiger partial charge in [0.25, 0.3) is 0 Å². The minimum atomic E-state index is -1.25. The lowest BCUT2D eigenvalue weighted by Gasteiger charge is -2.27. The highest BCUT2D eigenvalue weighted by Crippen LogP contribution is 2.61. The number of thiophene rings is 2. The number of ketones is 2. The van der Waals surface area contributed by atoms with Crippen molar-refractivity contribution in [3.63, 3.8) is 0 Å². The monoisotopic (exact) mass is 712 g/mol. The first-order chi connectivity index (χ1) is 24.5. The average molecular weight is 713 g/mol. The van der Waals surface area contributed by atoms with Crippen LogP contribution in [-0.2, 0) is 5.41 Å². The van der Waals surface area contributed by atoms with Crippen molar-refractivity contribution in [3.05, 3.63) is 104 Å². The molecule has 13 heteroatoms. The van der Waals surface area contributed by atoms with Gasteiger partial charge in [0.05, 0.1) is 9.75 Å². The van der Waals surface area contributed by atoms with E-state index in [4.69, 9.17) is 0 Å². The number of carbonyl (C=O) groups excluding carboxylic acids is 2. The maximum atomic E-state index is 14.6.